The van der Waals surface area contributed by atoms with Gasteiger partial charge >= 0.3 is 4.87 Å². The first-order chi connectivity index (χ1) is 12.0. The molecule has 2 aromatic carbocycles. The molecular weight excluding hydrogens is 352 g/mol. The summed E-state index contributed by atoms with van der Waals surface area (Å²) in [5.74, 6) is -0.0489. The van der Waals surface area contributed by atoms with E-state index in [0.29, 0.717) is 6.54 Å². The highest BCUT2D eigenvalue weighted by Gasteiger charge is 2.15. The molecule has 0 saturated carbocycles. The molecule has 4 nitrogen and oxygen atoms in total. The highest BCUT2D eigenvalue weighted by atomic mass is 32.2. The molecule has 130 valence electrons. The average Bonchev–Trinajstić information content (AvgIpc) is 2.91. The van der Waals surface area contributed by atoms with Crippen LogP contribution in [0.15, 0.2) is 52.2 Å². The quantitative estimate of drug-likeness (QED) is 0.671. The molecule has 0 fully saturated rings. The van der Waals surface area contributed by atoms with Gasteiger partial charge in [0.2, 0.25) is 5.91 Å². The van der Waals surface area contributed by atoms with Crippen molar-refractivity contribution in [2.45, 2.75) is 37.5 Å². The van der Waals surface area contributed by atoms with Gasteiger partial charge in [-0.3, -0.25) is 14.2 Å². The van der Waals surface area contributed by atoms with Crippen LogP contribution in [0.2, 0.25) is 0 Å². The van der Waals surface area contributed by atoms with Crippen LogP contribution in [0.4, 0.5) is 5.69 Å². The van der Waals surface area contributed by atoms with Crippen molar-refractivity contribution in [2.75, 3.05) is 5.32 Å². The second-order valence-corrected chi connectivity index (χ2v) is 8.26. The fourth-order valence-electron chi connectivity index (χ4n) is 2.56. The van der Waals surface area contributed by atoms with Gasteiger partial charge in [0.1, 0.15) is 0 Å². The van der Waals surface area contributed by atoms with Gasteiger partial charge in [-0.2, -0.15) is 0 Å². The summed E-state index contributed by atoms with van der Waals surface area (Å²) in [5.41, 5.74) is 2.84. The molecule has 0 bridgehead atoms. The zero-order valence-corrected chi connectivity index (χ0v) is 16.0. The third kappa shape index (κ3) is 3.96. The van der Waals surface area contributed by atoms with Gasteiger partial charge in [0.15, 0.2) is 0 Å². The third-order valence-corrected chi connectivity index (χ3v) is 6.01. The fraction of sp³-hybridized carbons (Fsp3) is 0.263. The largest absolute Gasteiger partial charge is 0.325 e. The predicted molar refractivity (Wildman–Crippen MR) is 107 cm³/mol. The normalized spacial score (nSPS) is 12.3. The van der Waals surface area contributed by atoms with E-state index in [2.05, 4.69) is 5.32 Å². The highest BCUT2D eigenvalue weighted by Crippen LogP contribution is 2.26. The number of carbonyl (C=O) groups is 1. The topological polar surface area (TPSA) is 51.1 Å². The molecule has 3 rings (SSSR count). The first kappa shape index (κ1) is 17.8. The number of amides is 1. The number of carbonyl (C=O) groups excluding carboxylic acids is 1. The zero-order chi connectivity index (χ0) is 18.0. The number of aromatic nitrogens is 1. The average molecular weight is 373 g/mol. The van der Waals surface area contributed by atoms with Gasteiger partial charge in [0.05, 0.1) is 15.5 Å². The Morgan fingerprint density at radius 3 is 2.64 bits per heavy atom. The number of aryl methyl sites for hydroxylation is 2. The van der Waals surface area contributed by atoms with E-state index in [1.165, 1.54) is 28.7 Å². The van der Waals surface area contributed by atoms with E-state index in [4.69, 9.17) is 0 Å². The van der Waals surface area contributed by atoms with Crippen LogP contribution < -0.4 is 10.2 Å². The van der Waals surface area contributed by atoms with Gasteiger partial charge in [0, 0.05) is 17.1 Å². The van der Waals surface area contributed by atoms with E-state index in [-0.39, 0.29) is 16.0 Å². The number of nitrogens with zero attached hydrogens (tertiary/aromatic N) is 1. The Labute approximate surface area is 154 Å². The van der Waals surface area contributed by atoms with Crippen molar-refractivity contribution in [3.05, 3.63) is 57.7 Å². The van der Waals surface area contributed by atoms with E-state index in [0.717, 1.165) is 20.8 Å². The van der Waals surface area contributed by atoms with Crippen LogP contribution in [-0.2, 0) is 11.3 Å². The van der Waals surface area contributed by atoms with E-state index in [1.54, 1.807) is 4.57 Å². The molecule has 0 radical (unpaired) electrons. The van der Waals surface area contributed by atoms with Gasteiger partial charge in [-0.15, -0.1) is 11.8 Å². The molecule has 0 aliphatic rings. The monoisotopic (exact) mass is 372 g/mol. The maximum absolute atomic E-state index is 12.5. The van der Waals surface area contributed by atoms with Crippen molar-refractivity contribution in [3.63, 3.8) is 0 Å². The van der Waals surface area contributed by atoms with Crippen molar-refractivity contribution in [2.24, 2.45) is 0 Å². The lowest BCUT2D eigenvalue weighted by molar-refractivity contribution is -0.115. The zero-order valence-electron chi connectivity index (χ0n) is 14.4. The summed E-state index contributed by atoms with van der Waals surface area (Å²) in [7, 11) is 0. The molecule has 0 unspecified atom stereocenters. The number of fused-ring (bicyclic) bond motifs is 1. The van der Waals surface area contributed by atoms with E-state index < -0.39 is 0 Å². The molecule has 3 aromatic rings. The maximum atomic E-state index is 12.5. The Kier molecular flexibility index (Phi) is 5.30. The first-order valence-electron chi connectivity index (χ1n) is 8.15. The number of nitrogens with one attached hydrogen (secondary N) is 1. The lowest BCUT2D eigenvalue weighted by Gasteiger charge is -2.12. The Balaban J connectivity index is 1.72. The summed E-state index contributed by atoms with van der Waals surface area (Å²) in [6.45, 7) is 6.53. The minimum Gasteiger partial charge on any atom is -0.325 e. The van der Waals surface area contributed by atoms with Gasteiger partial charge in [-0.1, -0.05) is 29.0 Å². The molecule has 1 atom stereocenters. The van der Waals surface area contributed by atoms with Crippen molar-refractivity contribution in [1.82, 2.24) is 4.57 Å². The molecule has 0 aliphatic heterocycles. The lowest BCUT2D eigenvalue weighted by atomic mass is 10.2. The van der Waals surface area contributed by atoms with Crippen LogP contribution in [0, 0.1) is 6.92 Å². The van der Waals surface area contributed by atoms with Crippen LogP contribution >= 0.6 is 23.1 Å². The SMILES string of the molecule is CCn1c(=O)sc2cc(NC(=O)[C@H](C)Sc3ccc(C)cc3)ccc21. The molecule has 0 saturated heterocycles. The molecule has 25 heavy (non-hydrogen) atoms. The number of anilines is 1. The molecule has 1 heterocycles. The summed E-state index contributed by atoms with van der Waals surface area (Å²) >= 11 is 2.74. The predicted octanol–water partition coefficient (Wildman–Crippen LogP) is 4.51. The van der Waals surface area contributed by atoms with Crippen LogP contribution in [0.25, 0.3) is 10.2 Å². The molecular formula is C19H20N2O2S2. The molecule has 0 spiro atoms. The van der Waals surface area contributed by atoms with Crippen molar-refractivity contribution in [3.8, 4) is 0 Å². The number of thioether (sulfide) groups is 1. The number of rotatable bonds is 5. The third-order valence-electron chi connectivity index (χ3n) is 3.96. The Hall–Kier alpha value is -2.05. The standard InChI is InChI=1S/C19H20N2O2S2/c1-4-21-16-10-7-14(11-17(16)25-19(21)23)20-18(22)13(3)24-15-8-5-12(2)6-9-15/h5-11,13H,4H2,1-3H3,(H,20,22)/t13-/m0/s1. The Morgan fingerprint density at radius 1 is 1.24 bits per heavy atom. The number of hydrogen-bond donors (Lipinski definition) is 1. The van der Waals surface area contributed by atoms with Crippen LogP contribution in [0.1, 0.15) is 19.4 Å². The summed E-state index contributed by atoms with van der Waals surface area (Å²) in [6, 6.07) is 13.8. The van der Waals surface area contributed by atoms with Gasteiger partial charge in [-0.05, 0) is 51.1 Å². The molecule has 1 amide bonds. The number of benzene rings is 2. The minimum atomic E-state index is -0.211. The molecule has 1 N–H and O–H groups in total. The Bertz CT molecular complexity index is 958. The Morgan fingerprint density at radius 2 is 1.96 bits per heavy atom. The lowest BCUT2D eigenvalue weighted by Crippen LogP contribution is -2.22. The van der Waals surface area contributed by atoms with E-state index >= 15 is 0 Å². The van der Waals surface area contributed by atoms with E-state index in [1.807, 2.05) is 63.2 Å². The minimum absolute atomic E-state index is 0.0317. The van der Waals surface area contributed by atoms with Crippen LogP contribution in [0.3, 0.4) is 0 Å². The van der Waals surface area contributed by atoms with Gasteiger partial charge in [0.25, 0.3) is 0 Å². The molecule has 0 aliphatic carbocycles. The van der Waals surface area contributed by atoms with Crippen LogP contribution in [0.5, 0.6) is 0 Å². The summed E-state index contributed by atoms with van der Waals surface area (Å²) in [6.07, 6.45) is 0. The van der Waals surface area contributed by atoms with Gasteiger partial charge < -0.3 is 5.32 Å². The van der Waals surface area contributed by atoms with Gasteiger partial charge in [-0.25, -0.2) is 0 Å². The fourth-order valence-corrected chi connectivity index (χ4v) is 4.42. The van der Waals surface area contributed by atoms with Crippen molar-refractivity contribution < 1.29 is 4.79 Å². The maximum Gasteiger partial charge on any atom is 0.308 e. The summed E-state index contributed by atoms with van der Waals surface area (Å²) in [5, 5.41) is 2.74. The highest BCUT2D eigenvalue weighted by molar-refractivity contribution is 8.00. The number of hydrogen-bond acceptors (Lipinski definition) is 4. The molecule has 1 aromatic heterocycles. The summed E-state index contributed by atoms with van der Waals surface area (Å²) in [4.78, 5) is 25.5. The smallest absolute Gasteiger partial charge is 0.308 e. The van der Waals surface area contributed by atoms with Crippen molar-refractivity contribution >= 4 is 44.9 Å². The van der Waals surface area contributed by atoms with E-state index in [9.17, 15) is 9.59 Å². The van der Waals surface area contributed by atoms with Crippen LogP contribution in [-0.4, -0.2) is 15.7 Å². The molecule has 6 heteroatoms. The first-order valence-corrected chi connectivity index (χ1v) is 9.85. The van der Waals surface area contributed by atoms with Crippen molar-refractivity contribution in [1.29, 1.82) is 0 Å². The number of thiazole rings is 1. The second kappa shape index (κ2) is 7.45. The summed E-state index contributed by atoms with van der Waals surface area (Å²) < 4.78 is 2.63. The second-order valence-electron chi connectivity index (χ2n) is 5.86.